The molecule has 0 spiro atoms. The molecule has 0 aliphatic carbocycles. The molecule has 8 nitrogen and oxygen atoms in total. The molecule has 0 saturated carbocycles. The van der Waals surface area contributed by atoms with E-state index in [1.54, 1.807) is 41.3 Å². The van der Waals surface area contributed by atoms with Gasteiger partial charge in [0.2, 0.25) is 5.56 Å². The number of fused-ring (bicyclic) bond motifs is 1. The summed E-state index contributed by atoms with van der Waals surface area (Å²) in [5.74, 6) is 1.11. The number of hydrogen-bond acceptors (Lipinski definition) is 6. The molecule has 0 amide bonds. The minimum atomic E-state index is -0.191. The Morgan fingerprint density at radius 2 is 2.03 bits per heavy atom. The van der Waals surface area contributed by atoms with Crippen molar-refractivity contribution in [3.63, 3.8) is 0 Å². The molecule has 0 aromatic carbocycles. The van der Waals surface area contributed by atoms with Gasteiger partial charge in [-0.2, -0.15) is 5.26 Å². The van der Waals surface area contributed by atoms with Gasteiger partial charge in [-0.1, -0.05) is 20.8 Å². The maximum Gasteiger partial charge on any atom is 0.248 e. The van der Waals surface area contributed by atoms with Crippen LogP contribution in [0, 0.1) is 16.7 Å². The van der Waals surface area contributed by atoms with Gasteiger partial charge < -0.3 is 10.3 Å². The summed E-state index contributed by atoms with van der Waals surface area (Å²) < 4.78 is 1.80. The molecule has 4 aromatic rings. The molecule has 0 aliphatic heterocycles. The number of anilines is 1. The first-order chi connectivity index (χ1) is 14.3. The van der Waals surface area contributed by atoms with Crippen molar-refractivity contribution in [2.75, 3.05) is 11.9 Å². The highest BCUT2D eigenvalue weighted by molar-refractivity contribution is 5.75. The molecule has 4 heterocycles. The molecular formula is C22H21N7O. The van der Waals surface area contributed by atoms with E-state index in [1.807, 2.05) is 6.07 Å². The molecule has 0 bridgehead atoms. The van der Waals surface area contributed by atoms with Gasteiger partial charge in [0.25, 0.3) is 0 Å². The van der Waals surface area contributed by atoms with Crippen molar-refractivity contribution >= 4 is 11.5 Å². The van der Waals surface area contributed by atoms with Crippen molar-refractivity contribution in [1.29, 1.82) is 5.26 Å². The number of nitrogens with zero attached hydrogens (tertiary/aromatic N) is 5. The van der Waals surface area contributed by atoms with Crippen molar-refractivity contribution in [2.45, 2.75) is 20.8 Å². The van der Waals surface area contributed by atoms with Gasteiger partial charge in [-0.25, -0.2) is 15.0 Å². The van der Waals surface area contributed by atoms with Crippen LogP contribution in [0.4, 0.5) is 5.82 Å². The Kier molecular flexibility index (Phi) is 4.80. The molecule has 0 aliphatic rings. The lowest BCUT2D eigenvalue weighted by Crippen LogP contribution is -2.20. The van der Waals surface area contributed by atoms with Gasteiger partial charge in [0, 0.05) is 36.8 Å². The monoisotopic (exact) mass is 399 g/mol. The lowest BCUT2D eigenvalue weighted by molar-refractivity contribution is 0.442. The van der Waals surface area contributed by atoms with Crippen LogP contribution in [0.15, 0.2) is 53.8 Å². The van der Waals surface area contributed by atoms with E-state index in [2.05, 4.69) is 47.1 Å². The van der Waals surface area contributed by atoms with Crippen molar-refractivity contribution in [2.24, 2.45) is 5.41 Å². The predicted octanol–water partition coefficient (Wildman–Crippen LogP) is 3.48. The summed E-state index contributed by atoms with van der Waals surface area (Å²) in [5, 5.41) is 12.6. The molecule has 30 heavy (non-hydrogen) atoms. The average molecular weight is 399 g/mol. The summed E-state index contributed by atoms with van der Waals surface area (Å²) >= 11 is 0. The smallest absolute Gasteiger partial charge is 0.248 e. The van der Waals surface area contributed by atoms with Gasteiger partial charge in [-0.3, -0.25) is 9.20 Å². The van der Waals surface area contributed by atoms with Gasteiger partial charge in [-0.15, -0.1) is 0 Å². The van der Waals surface area contributed by atoms with E-state index in [0.29, 0.717) is 35.1 Å². The van der Waals surface area contributed by atoms with Gasteiger partial charge in [0.05, 0.1) is 11.8 Å². The van der Waals surface area contributed by atoms with E-state index in [-0.39, 0.29) is 11.0 Å². The fourth-order valence-corrected chi connectivity index (χ4v) is 3.02. The standard InChI is InChI=1S/C22H21N7O/c1-22(2,3)13-27-20-16(15-6-7-24-19(30)8-15)10-26-21(28-20)17-11-25-18-5-4-14(9-23)12-29(17)18/h4-8,10-12H,13H2,1-3H3,(H,24,30)(H,26,27,28). The van der Waals surface area contributed by atoms with Crippen LogP contribution in [0.1, 0.15) is 26.3 Å². The predicted molar refractivity (Wildman–Crippen MR) is 115 cm³/mol. The molecular weight excluding hydrogens is 378 g/mol. The van der Waals surface area contributed by atoms with E-state index >= 15 is 0 Å². The molecule has 150 valence electrons. The summed E-state index contributed by atoms with van der Waals surface area (Å²) in [5.41, 5.74) is 3.21. The zero-order valence-corrected chi connectivity index (χ0v) is 17.0. The zero-order chi connectivity index (χ0) is 21.3. The number of rotatable bonds is 4. The molecule has 8 heteroatoms. The lowest BCUT2D eigenvalue weighted by Gasteiger charge is -2.20. The van der Waals surface area contributed by atoms with Crippen LogP contribution in [-0.2, 0) is 0 Å². The second-order valence-corrected chi connectivity index (χ2v) is 8.21. The Hall–Kier alpha value is -3.99. The Balaban J connectivity index is 1.84. The first-order valence-corrected chi connectivity index (χ1v) is 9.52. The minimum Gasteiger partial charge on any atom is -0.369 e. The van der Waals surface area contributed by atoms with Crippen molar-refractivity contribution in [3.05, 3.63) is 65.0 Å². The van der Waals surface area contributed by atoms with E-state index in [0.717, 1.165) is 11.1 Å². The number of nitriles is 1. The first-order valence-electron chi connectivity index (χ1n) is 9.52. The molecule has 0 atom stereocenters. The van der Waals surface area contributed by atoms with Crippen LogP contribution < -0.4 is 10.9 Å². The molecule has 0 radical (unpaired) electrons. The SMILES string of the molecule is CC(C)(C)CNc1nc(-c2cnc3ccc(C#N)cn23)ncc1-c1cc[nH]c(=O)c1. The second kappa shape index (κ2) is 7.44. The molecule has 0 fully saturated rings. The third kappa shape index (κ3) is 3.91. The first kappa shape index (κ1) is 19.3. The Labute approximate surface area is 173 Å². The number of aromatic amines is 1. The number of pyridine rings is 2. The number of aromatic nitrogens is 5. The average Bonchev–Trinajstić information content (AvgIpc) is 3.14. The lowest BCUT2D eigenvalue weighted by atomic mass is 9.97. The van der Waals surface area contributed by atoms with E-state index in [1.165, 1.54) is 6.07 Å². The van der Waals surface area contributed by atoms with E-state index < -0.39 is 0 Å². The van der Waals surface area contributed by atoms with Crippen molar-refractivity contribution < 1.29 is 0 Å². The number of imidazole rings is 1. The van der Waals surface area contributed by atoms with Crippen LogP contribution >= 0.6 is 0 Å². The van der Waals surface area contributed by atoms with Gasteiger partial charge in [-0.05, 0) is 29.2 Å². The van der Waals surface area contributed by atoms with Gasteiger partial charge in [0.15, 0.2) is 5.82 Å². The largest absolute Gasteiger partial charge is 0.369 e. The van der Waals surface area contributed by atoms with Crippen LogP contribution in [0.2, 0.25) is 0 Å². The Bertz CT molecular complexity index is 1320. The highest BCUT2D eigenvalue weighted by Crippen LogP contribution is 2.28. The summed E-state index contributed by atoms with van der Waals surface area (Å²) in [7, 11) is 0. The van der Waals surface area contributed by atoms with Gasteiger partial charge in [0.1, 0.15) is 23.2 Å². The number of hydrogen-bond donors (Lipinski definition) is 2. The van der Waals surface area contributed by atoms with Crippen molar-refractivity contribution in [1.82, 2.24) is 24.3 Å². The molecule has 4 aromatic heterocycles. The highest BCUT2D eigenvalue weighted by Gasteiger charge is 2.17. The van der Waals surface area contributed by atoms with Crippen molar-refractivity contribution in [3.8, 4) is 28.7 Å². The zero-order valence-electron chi connectivity index (χ0n) is 17.0. The second-order valence-electron chi connectivity index (χ2n) is 8.21. The topological polar surface area (TPSA) is 112 Å². The van der Waals surface area contributed by atoms with E-state index in [4.69, 9.17) is 4.98 Å². The normalized spacial score (nSPS) is 11.4. The van der Waals surface area contributed by atoms with Gasteiger partial charge >= 0.3 is 0 Å². The van der Waals surface area contributed by atoms with Crippen LogP contribution in [0.5, 0.6) is 0 Å². The molecule has 4 rings (SSSR count). The summed E-state index contributed by atoms with van der Waals surface area (Å²) in [6.07, 6.45) is 6.71. The number of nitrogens with one attached hydrogen (secondary N) is 2. The maximum absolute atomic E-state index is 11.8. The summed E-state index contributed by atoms with van der Waals surface area (Å²) in [4.78, 5) is 28.1. The quantitative estimate of drug-likeness (QED) is 0.543. The number of H-pyrrole nitrogens is 1. The van der Waals surface area contributed by atoms with E-state index in [9.17, 15) is 10.1 Å². The van der Waals surface area contributed by atoms with Crippen LogP contribution in [0.3, 0.4) is 0 Å². The Morgan fingerprint density at radius 3 is 2.77 bits per heavy atom. The molecule has 2 N–H and O–H groups in total. The van der Waals surface area contributed by atoms with Crippen LogP contribution in [0.25, 0.3) is 28.3 Å². The third-order valence-electron chi connectivity index (χ3n) is 4.52. The Morgan fingerprint density at radius 1 is 1.20 bits per heavy atom. The fraction of sp³-hybridized carbons (Fsp3) is 0.227. The highest BCUT2D eigenvalue weighted by atomic mass is 16.1. The molecule has 0 unspecified atom stereocenters. The maximum atomic E-state index is 11.8. The summed E-state index contributed by atoms with van der Waals surface area (Å²) in [6, 6.07) is 8.98. The summed E-state index contributed by atoms with van der Waals surface area (Å²) in [6.45, 7) is 7.07. The minimum absolute atomic E-state index is 0.0293. The molecule has 0 saturated heterocycles. The van der Waals surface area contributed by atoms with Crippen LogP contribution in [-0.4, -0.2) is 30.9 Å². The third-order valence-corrected chi connectivity index (χ3v) is 4.52. The fourth-order valence-electron chi connectivity index (χ4n) is 3.02.